The van der Waals surface area contributed by atoms with Crippen molar-refractivity contribution in [3.05, 3.63) is 48.4 Å². The summed E-state index contributed by atoms with van der Waals surface area (Å²) in [6, 6.07) is 5.11. The predicted octanol–water partition coefficient (Wildman–Crippen LogP) is 3.52. The van der Waals surface area contributed by atoms with Crippen LogP contribution in [0.25, 0.3) is 11.0 Å². The molecule has 0 bridgehead atoms. The number of anilines is 2. The summed E-state index contributed by atoms with van der Waals surface area (Å²) in [5.74, 6) is -0.0600. The Labute approximate surface area is 161 Å². The number of H-pyrrole nitrogens is 1. The normalized spacial score (nSPS) is 17.1. The zero-order valence-electron chi connectivity index (χ0n) is 15.3. The summed E-state index contributed by atoms with van der Waals surface area (Å²) < 4.78 is 26.9. The van der Waals surface area contributed by atoms with Gasteiger partial charge in [0.15, 0.2) is 5.78 Å². The molecule has 0 amide bonds. The highest BCUT2D eigenvalue weighted by Crippen LogP contribution is 2.28. The standard InChI is InChI=1S/C20H21F2N5O/c21-14-3-4-17(22)18(9-14)24-10-15(28)8-13-2-1-7-27(11-13)20-16-5-6-23-19(16)25-12-26-20/h3-6,9,12-13,24H,1-2,7-8,10-11H2,(H,23,25,26)/t13-/m0/s1. The van der Waals surface area contributed by atoms with Crippen LogP contribution in [0, 0.1) is 17.6 Å². The highest BCUT2D eigenvalue weighted by atomic mass is 19.1. The van der Waals surface area contributed by atoms with E-state index >= 15 is 0 Å². The van der Waals surface area contributed by atoms with Gasteiger partial charge in [-0.05, 0) is 43.0 Å². The van der Waals surface area contributed by atoms with Crippen molar-refractivity contribution in [1.82, 2.24) is 15.0 Å². The van der Waals surface area contributed by atoms with Crippen molar-refractivity contribution in [2.45, 2.75) is 19.3 Å². The molecular weight excluding hydrogens is 364 g/mol. The zero-order chi connectivity index (χ0) is 19.5. The number of carbonyl (C=O) groups is 1. The molecule has 0 saturated carbocycles. The Bertz CT molecular complexity index is 990. The minimum absolute atomic E-state index is 0.00876. The van der Waals surface area contributed by atoms with Gasteiger partial charge in [0, 0.05) is 25.7 Å². The molecule has 28 heavy (non-hydrogen) atoms. The number of benzene rings is 1. The lowest BCUT2D eigenvalue weighted by Crippen LogP contribution is -2.37. The fourth-order valence-electron chi connectivity index (χ4n) is 3.76. The second-order valence-electron chi connectivity index (χ2n) is 7.11. The molecule has 4 rings (SSSR count). The number of piperidine rings is 1. The fourth-order valence-corrected chi connectivity index (χ4v) is 3.76. The molecule has 1 fully saturated rings. The van der Waals surface area contributed by atoms with Crippen LogP contribution in [0.15, 0.2) is 36.8 Å². The van der Waals surface area contributed by atoms with E-state index < -0.39 is 11.6 Å². The number of nitrogens with one attached hydrogen (secondary N) is 2. The second kappa shape index (κ2) is 7.92. The monoisotopic (exact) mass is 385 g/mol. The van der Waals surface area contributed by atoms with Gasteiger partial charge in [0.2, 0.25) is 0 Å². The third kappa shape index (κ3) is 3.95. The zero-order valence-corrected chi connectivity index (χ0v) is 15.3. The molecule has 0 aliphatic carbocycles. The minimum Gasteiger partial charge on any atom is -0.376 e. The summed E-state index contributed by atoms with van der Waals surface area (Å²) in [7, 11) is 0. The summed E-state index contributed by atoms with van der Waals surface area (Å²) in [5, 5.41) is 3.67. The van der Waals surface area contributed by atoms with Gasteiger partial charge in [0.05, 0.1) is 17.6 Å². The number of rotatable bonds is 6. The SMILES string of the molecule is O=C(CNc1cc(F)ccc1F)C[C@@H]1CCCN(c2ncnc3[nH]ccc23)C1. The lowest BCUT2D eigenvalue weighted by molar-refractivity contribution is -0.118. The lowest BCUT2D eigenvalue weighted by Gasteiger charge is -2.33. The van der Waals surface area contributed by atoms with Crippen LogP contribution in [-0.2, 0) is 4.79 Å². The predicted molar refractivity (Wildman–Crippen MR) is 103 cm³/mol. The number of nitrogens with zero attached hydrogens (tertiary/aromatic N) is 3. The van der Waals surface area contributed by atoms with Gasteiger partial charge < -0.3 is 15.2 Å². The lowest BCUT2D eigenvalue weighted by atomic mass is 9.92. The number of hydrogen-bond acceptors (Lipinski definition) is 5. The van der Waals surface area contributed by atoms with Crippen molar-refractivity contribution in [3.8, 4) is 0 Å². The van der Waals surface area contributed by atoms with Crippen molar-refractivity contribution in [2.75, 3.05) is 29.9 Å². The number of aromatic nitrogens is 3. The van der Waals surface area contributed by atoms with Gasteiger partial charge in [-0.15, -0.1) is 0 Å². The van der Waals surface area contributed by atoms with Crippen molar-refractivity contribution in [2.24, 2.45) is 5.92 Å². The van der Waals surface area contributed by atoms with Crippen LogP contribution in [0.3, 0.4) is 0 Å². The van der Waals surface area contributed by atoms with E-state index in [4.69, 9.17) is 0 Å². The number of aromatic amines is 1. The quantitative estimate of drug-likeness (QED) is 0.679. The molecule has 2 N–H and O–H groups in total. The average molecular weight is 385 g/mol. The maximum absolute atomic E-state index is 13.7. The molecule has 6 nitrogen and oxygen atoms in total. The Hall–Kier alpha value is -3.03. The first kappa shape index (κ1) is 18.3. The first-order valence-corrected chi connectivity index (χ1v) is 9.34. The van der Waals surface area contributed by atoms with E-state index in [0.29, 0.717) is 6.42 Å². The van der Waals surface area contributed by atoms with E-state index in [1.165, 1.54) is 0 Å². The van der Waals surface area contributed by atoms with Gasteiger partial charge in [-0.2, -0.15) is 0 Å². The summed E-state index contributed by atoms with van der Waals surface area (Å²) >= 11 is 0. The summed E-state index contributed by atoms with van der Waals surface area (Å²) in [6.07, 6.45) is 5.70. The maximum Gasteiger partial charge on any atom is 0.152 e. The number of hydrogen-bond donors (Lipinski definition) is 2. The Balaban J connectivity index is 1.36. The van der Waals surface area contributed by atoms with Crippen molar-refractivity contribution in [3.63, 3.8) is 0 Å². The molecule has 1 saturated heterocycles. The van der Waals surface area contributed by atoms with Gasteiger partial charge in [-0.25, -0.2) is 18.7 Å². The van der Waals surface area contributed by atoms with Crippen LogP contribution in [0.2, 0.25) is 0 Å². The van der Waals surface area contributed by atoms with Crippen molar-refractivity contribution >= 4 is 28.3 Å². The second-order valence-corrected chi connectivity index (χ2v) is 7.11. The molecule has 1 aliphatic heterocycles. The van der Waals surface area contributed by atoms with E-state index in [-0.39, 0.29) is 23.9 Å². The first-order valence-electron chi connectivity index (χ1n) is 9.34. The molecule has 146 valence electrons. The van der Waals surface area contributed by atoms with Gasteiger partial charge >= 0.3 is 0 Å². The van der Waals surface area contributed by atoms with Crippen LogP contribution in [-0.4, -0.2) is 40.4 Å². The van der Waals surface area contributed by atoms with Crippen LogP contribution in [0.5, 0.6) is 0 Å². The van der Waals surface area contributed by atoms with Crippen molar-refractivity contribution < 1.29 is 13.6 Å². The number of ketones is 1. The first-order chi connectivity index (χ1) is 13.6. The topological polar surface area (TPSA) is 73.9 Å². The maximum atomic E-state index is 13.7. The van der Waals surface area contributed by atoms with Gasteiger partial charge in [0.1, 0.15) is 29.4 Å². The molecule has 8 heteroatoms. The highest BCUT2D eigenvalue weighted by Gasteiger charge is 2.24. The molecule has 1 aliphatic rings. The van der Waals surface area contributed by atoms with E-state index in [0.717, 1.165) is 61.0 Å². The van der Waals surface area contributed by atoms with Crippen LogP contribution in [0.4, 0.5) is 20.3 Å². The number of Topliss-reactive ketones (excluding diaryl/α,β-unsaturated/α-hetero) is 1. The van der Waals surface area contributed by atoms with Gasteiger partial charge in [0.25, 0.3) is 0 Å². The molecule has 1 aromatic carbocycles. The van der Waals surface area contributed by atoms with E-state index in [9.17, 15) is 13.6 Å². The largest absolute Gasteiger partial charge is 0.376 e. The minimum atomic E-state index is -0.572. The van der Waals surface area contributed by atoms with Crippen LogP contribution >= 0.6 is 0 Å². The third-order valence-corrected chi connectivity index (χ3v) is 5.07. The van der Waals surface area contributed by atoms with E-state index in [1.807, 2.05) is 12.3 Å². The fraction of sp³-hybridized carbons (Fsp3) is 0.350. The highest BCUT2D eigenvalue weighted by molar-refractivity contribution is 5.87. The molecule has 0 spiro atoms. The molecule has 2 aromatic heterocycles. The number of carbonyl (C=O) groups excluding carboxylic acids is 1. The Morgan fingerprint density at radius 1 is 1.29 bits per heavy atom. The molecule has 1 atom stereocenters. The molecule has 0 unspecified atom stereocenters. The Kier molecular flexibility index (Phi) is 5.18. The molecule has 3 aromatic rings. The van der Waals surface area contributed by atoms with Gasteiger partial charge in [-0.3, -0.25) is 4.79 Å². The van der Waals surface area contributed by atoms with E-state index in [1.54, 1.807) is 6.33 Å². The van der Waals surface area contributed by atoms with Crippen molar-refractivity contribution in [1.29, 1.82) is 0 Å². The number of fused-ring (bicyclic) bond motifs is 1. The average Bonchev–Trinajstić information content (AvgIpc) is 3.18. The van der Waals surface area contributed by atoms with Gasteiger partial charge in [-0.1, -0.05) is 0 Å². The number of halogens is 2. The summed E-state index contributed by atoms with van der Waals surface area (Å²) in [6.45, 7) is 1.60. The smallest absolute Gasteiger partial charge is 0.152 e. The van der Waals surface area contributed by atoms with E-state index in [2.05, 4.69) is 25.2 Å². The summed E-state index contributed by atoms with van der Waals surface area (Å²) in [5.41, 5.74) is 0.805. The summed E-state index contributed by atoms with van der Waals surface area (Å²) in [4.78, 5) is 26.3. The third-order valence-electron chi connectivity index (χ3n) is 5.07. The Morgan fingerprint density at radius 2 is 2.18 bits per heavy atom. The van der Waals surface area contributed by atoms with Crippen LogP contribution < -0.4 is 10.2 Å². The molecule has 3 heterocycles. The van der Waals surface area contributed by atoms with Crippen LogP contribution in [0.1, 0.15) is 19.3 Å². The molecule has 0 radical (unpaired) electrons. The molecular formula is C20H21F2N5O. The Morgan fingerprint density at radius 3 is 3.07 bits per heavy atom.